The van der Waals surface area contributed by atoms with Gasteiger partial charge in [0.25, 0.3) is 0 Å². The van der Waals surface area contributed by atoms with Gasteiger partial charge in [-0.15, -0.1) is 0 Å². The number of nitrogens with zero attached hydrogens (tertiary/aromatic N) is 1. The molecule has 0 aliphatic carbocycles. The minimum absolute atomic E-state index is 0.545. The van der Waals surface area contributed by atoms with E-state index in [1.54, 1.807) is 19.2 Å². The monoisotopic (exact) mass is 305 g/mol. The molecule has 1 aromatic rings. The summed E-state index contributed by atoms with van der Waals surface area (Å²) in [5.41, 5.74) is 0.545. The predicted molar refractivity (Wildman–Crippen MR) is 88.0 cm³/mol. The number of hydrogen-bond acceptors (Lipinski definition) is 4. The van der Waals surface area contributed by atoms with Gasteiger partial charge >= 0.3 is 0 Å². The molecule has 4 heteroatoms. The second-order valence-electron chi connectivity index (χ2n) is 5.79. The van der Waals surface area contributed by atoms with Crippen LogP contribution in [0.2, 0.25) is 0 Å². The van der Waals surface area contributed by atoms with E-state index in [0.717, 1.165) is 25.3 Å². The molecule has 0 saturated carbocycles. The Kier molecular flexibility index (Phi) is 6.72. The first-order chi connectivity index (χ1) is 10.8. The average Bonchev–Trinajstić information content (AvgIpc) is 2.58. The normalized spacial score (nSPS) is 18.9. The molecule has 1 atom stereocenters. The third-order valence-electron chi connectivity index (χ3n) is 4.41. The Balaban J connectivity index is 1.85. The van der Waals surface area contributed by atoms with Gasteiger partial charge in [0.05, 0.1) is 19.3 Å². The van der Waals surface area contributed by atoms with E-state index in [9.17, 15) is 4.79 Å². The number of likely N-dealkylation sites (tertiary alicyclic amines) is 1. The van der Waals surface area contributed by atoms with Crippen LogP contribution in [0.4, 0.5) is 0 Å². The molecule has 4 nitrogen and oxygen atoms in total. The van der Waals surface area contributed by atoms with Crippen molar-refractivity contribution in [2.45, 2.75) is 45.1 Å². The Bertz CT molecular complexity index is 475. The van der Waals surface area contributed by atoms with Gasteiger partial charge in [0.15, 0.2) is 17.8 Å². The summed E-state index contributed by atoms with van der Waals surface area (Å²) in [4.78, 5) is 13.7. The number of ether oxygens (including phenoxy) is 2. The van der Waals surface area contributed by atoms with Crippen molar-refractivity contribution in [3.05, 3.63) is 23.8 Å². The van der Waals surface area contributed by atoms with E-state index in [2.05, 4.69) is 11.8 Å². The molecule has 22 heavy (non-hydrogen) atoms. The fourth-order valence-electron chi connectivity index (χ4n) is 3.20. The zero-order chi connectivity index (χ0) is 15.8. The number of aldehydes is 1. The van der Waals surface area contributed by atoms with Crippen LogP contribution in [-0.4, -0.2) is 44.0 Å². The molecule has 0 amide bonds. The Hall–Kier alpha value is -1.55. The molecule has 1 heterocycles. The number of rotatable bonds is 8. The van der Waals surface area contributed by atoms with E-state index in [1.807, 2.05) is 6.07 Å². The molecule has 1 fully saturated rings. The number of piperidine rings is 1. The summed E-state index contributed by atoms with van der Waals surface area (Å²) >= 11 is 0. The number of hydrogen-bond donors (Lipinski definition) is 0. The SMILES string of the molecule is CC[C@H]1CCCCN1CCCOc1c(C=O)cccc1OC. The number of methoxy groups -OCH3 is 1. The standard InChI is InChI=1S/C18H27NO3/c1-3-16-9-4-5-11-19(16)12-7-13-22-18-15(14-20)8-6-10-17(18)21-2/h6,8,10,14,16H,3-5,7,9,11-13H2,1-2H3/t16-/m0/s1. The zero-order valence-electron chi connectivity index (χ0n) is 13.7. The van der Waals surface area contributed by atoms with Crippen LogP contribution >= 0.6 is 0 Å². The number of carbonyl (C=O) groups excluding carboxylic acids is 1. The second kappa shape index (κ2) is 8.79. The number of carbonyl (C=O) groups is 1. The van der Waals surface area contributed by atoms with E-state index >= 15 is 0 Å². The highest BCUT2D eigenvalue weighted by Crippen LogP contribution is 2.30. The van der Waals surface area contributed by atoms with Gasteiger partial charge < -0.3 is 14.4 Å². The molecule has 0 N–H and O–H groups in total. The Morgan fingerprint density at radius 1 is 1.36 bits per heavy atom. The molecule has 0 radical (unpaired) electrons. The molecule has 2 rings (SSSR count). The smallest absolute Gasteiger partial charge is 0.171 e. The van der Waals surface area contributed by atoms with Gasteiger partial charge in [0.1, 0.15) is 0 Å². The highest BCUT2D eigenvalue weighted by Gasteiger charge is 2.20. The van der Waals surface area contributed by atoms with Crippen LogP contribution in [0, 0.1) is 0 Å². The maximum Gasteiger partial charge on any atom is 0.171 e. The molecule has 0 bridgehead atoms. The van der Waals surface area contributed by atoms with Gasteiger partial charge in [-0.3, -0.25) is 4.79 Å². The maximum atomic E-state index is 11.1. The maximum absolute atomic E-state index is 11.1. The summed E-state index contributed by atoms with van der Waals surface area (Å²) in [6.45, 7) is 5.13. The Labute approximate surface area is 133 Å². The largest absolute Gasteiger partial charge is 0.493 e. The molecule has 0 spiro atoms. The van der Waals surface area contributed by atoms with Crippen molar-refractivity contribution in [1.29, 1.82) is 0 Å². The van der Waals surface area contributed by atoms with Crippen LogP contribution in [0.5, 0.6) is 11.5 Å². The number of para-hydroxylation sites is 1. The minimum atomic E-state index is 0.545. The summed E-state index contributed by atoms with van der Waals surface area (Å²) in [6.07, 6.45) is 6.98. The summed E-state index contributed by atoms with van der Waals surface area (Å²) in [5, 5.41) is 0. The Morgan fingerprint density at radius 2 is 2.23 bits per heavy atom. The van der Waals surface area contributed by atoms with E-state index in [4.69, 9.17) is 9.47 Å². The first-order valence-corrected chi connectivity index (χ1v) is 8.29. The van der Waals surface area contributed by atoms with Crippen LogP contribution in [0.15, 0.2) is 18.2 Å². The van der Waals surface area contributed by atoms with Gasteiger partial charge in [-0.2, -0.15) is 0 Å². The van der Waals surface area contributed by atoms with Crippen molar-refractivity contribution >= 4 is 6.29 Å². The minimum Gasteiger partial charge on any atom is -0.493 e. The molecule has 1 saturated heterocycles. The van der Waals surface area contributed by atoms with Gasteiger partial charge in [0.2, 0.25) is 0 Å². The fourth-order valence-corrected chi connectivity index (χ4v) is 3.20. The van der Waals surface area contributed by atoms with Crippen LogP contribution < -0.4 is 9.47 Å². The van der Waals surface area contributed by atoms with Crippen LogP contribution in [-0.2, 0) is 0 Å². The number of benzene rings is 1. The molecular formula is C18H27NO3. The lowest BCUT2D eigenvalue weighted by Crippen LogP contribution is -2.40. The van der Waals surface area contributed by atoms with Crippen LogP contribution in [0.25, 0.3) is 0 Å². The summed E-state index contributed by atoms with van der Waals surface area (Å²) in [7, 11) is 1.59. The highest BCUT2D eigenvalue weighted by molar-refractivity contribution is 5.81. The summed E-state index contributed by atoms with van der Waals surface area (Å²) in [5.74, 6) is 1.18. The molecule has 1 aliphatic rings. The first kappa shape index (κ1) is 16.8. The lowest BCUT2D eigenvalue weighted by Gasteiger charge is -2.35. The zero-order valence-corrected chi connectivity index (χ0v) is 13.7. The van der Waals surface area contributed by atoms with E-state index in [1.165, 1.54) is 32.2 Å². The lowest BCUT2D eigenvalue weighted by molar-refractivity contribution is 0.111. The van der Waals surface area contributed by atoms with Crippen molar-refractivity contribution in [3.8, 4) is 11.5 Å². The topological polar surface area (TPSA) is 38.8 Å². The van der Waals surface area contributed by atoms with E-state index in [-0.39, 0.29) is 0 Å². The van der Waals surface area contributed by atoms with Crippen LogP contribution in [0.1, 0.15) is 49.4 Å². The highest BCUT2D eigenvalue weighted by atomic mass is 16.5. The summed E-state index contributed by atoms with van der Waals surface area (Å²) < 4.78 is 11.1. The van der Waals surface area contributed by atoms with Gasteiger partial charge in [-0.05, 0) is 44.4 Å². The molecule has 1 aromatic carbocycles. The van der Waals surface area contributed by atoms with Crippen molar-refractivity contribution in [2.75, 3.05) is 26.8 Å². The van der Waals surface area contributed by atoms with Crippen molar-refractivity contribution in [1.82, 2.24) is 4.90 Å². The van der Waals surface area contributed by atoms with E-state index < -0.39 is 0 Å². The van der Waals surface area contributed by atoms with Gasteiger partial charge in [0, 0.05) is 12.6 Å². The van der Waals surface area contributed by atoms with Crippen LogP contribution in [0.3, 0.4) is 0 Å². The average molecular weight is 305 g/mol. The van der Waals surface area contributed by atoms with E-state index in [0.29, 0.717) is 23.7 Å². The molecular weight excluding hydrogens is 278 g/mol. The van der Waals surface area contributed by atoms with Gasteiger partial charge in [-0.1, -0.05) is 19.4 Å². The van der Waals surface area contributed by atoms with Crippen molar-refractivity contribution < 1.29 is 14.3 Å². The van der Waals surface area contributed by atoms with Crippen molar-refractivity contribution in [3.63, 3.8) is 0 Å². The molecule has 1 aliphatic heterocycles. The Morgan fingerprint density at radius 3 is 2.95 bits per heavy atom. The molecule has 122 valence electrons. The van der Waals surface area contributed by atoms with Crippen molar-refractivity contribution in [2.24, 2.45) is 0 Å². The molecule has 0 aromatic heterocycles. The molecule has 0 unspecified atom stereocenters. The van der Waals surface area contributed by atoms with Gasteiger partial charge in [-0.25, -0.2) is 0 Å². The fraction of sp³-hybridized carbons (Fsp3) is 0.611. The predicted octanol–water partition coefficient (Wildman–Crippen LogP) is 3.54. The second-order valence-corrected chi connectivity index (χ2v) is 5.79. The first-order valence-electron chi connectivity index (χ1n) is 8.29. The third kappa shape index (κ3) is 4.23. The third-order valence-corrected chi connectivity index (χ3v) is 4.41. The lowest BCUT2D eigenvalue weighted by atomic mass is 10.00. The summed E-state index contributed by atoms with van der Waals surface area (Å²) in [6, 6.07) is 6.10. The quantitative estimate of drug-likeness (QED) is 0.544.